The second kappa shape index (κ2) is 8.72. The minimum Gasteiger partial charge on any atom is -0.376 e. The summed E-state index contributed by atoms with van der Waals surface area (Å²) >= 11 is 12.2. The molecule has 0 aromatic heterocycles. The average molecular weight is 414 g/mol. The van der Waals surface area contributed by atoms with Gasteiger partial charge in [-0.15, -0.1) is 0 Å². The first kappa shape index (κ1) is 19.6. The number of ether oxygens (including phenoxy) is 1. The summed E-state index contributed by atoms with van der Waals surface area (Å²) in [5.74, 6) is 0.0609. The summed E-state index contributed by atoms with van der Waals surface area (Å²) in [6.07, 6.45) is 2.63. The van der Waals surface area contributed by atoms with Crippen LogP contribution in [0.5, 0.6) is 0 Å². The van der Waals surface area contributed by atoms with Gasteiger partial charge >= 0.3 is 0 Å². The Morgan fingerprint density at radius 2 is 1.81 bits per heavy atom. The van der Waals surface area contributed by atoms with Crippen molar-refractivity contribution in [3.63, 3.8) is 0 Å². The number of hydrogen-bond acceptors (Lipinski definition) is 3. The van der Waals surface area contributed by atoms with Gasteiger partial charge < -0.3 is 4.74 Å². The highest BCUT2D eigenvalue weighted by Crippen LogP contribution is 2.34. The molecule has 1 saturated heterocycles. The van der Waals surface area contributed by atoms with Gasteiger partial charge in [0.25, 0.3) is 0 Å². The van der Waals surface area contributed by atoms with E-state index in [2.05, 4.69) is 4.72 Å². The Hall–Kier alpha value is -1.11. The highest BCUT2D eigenvalue weighted by molar-refractivity contribution is 7.89. The van der Waals surface area contributed by atoms with E-state index in [0.29, 0.717) is 16.7 Å². The molecule has 140 valence electrons. The van der Waals surface area contributed by atoms with Crippen molar-refractivity contribution in [2.75, 3.05) is 13.2 Å². The van der Waals surface area contributed by atoms with Crippen molar-refractivity contribution in [1.29, 1.82) is 0 Å². The normalized spacial score (nSPS) is 21.3. The predicted octanol–water partition coefficient (Wildman–Crippen LogP) is 4.62. The fourth-order valence-electron chi connectivity index (χ4n) is 3.20. The van der Waals surface area contributed by atoms with Gasteiger partial charge in [-0.25, -0.2) is 13.1 Å². The zero-order chi connectivity index (χ0) is 18.6. The van der Waals surface area contributed by atoms with E-state index < -0.39 is 10.0 Å². The monoisotopic (exact) mass is 413 g/mol. The molecule has 1 N–H and O–H groups in total. The molecule has 3 rings (SSSR count). The van der Waals surface area contributed by atoms with Gasteiger partial charge in [0.05, 0.1) is 21.0 Å². The molecule has 1 fully saturated rings. The molecule has 0 aliphatic carbocycles. The zero-order valence-corrected chi connectivity index (χ0v) is 16.5. The molecule has 7 heteroatoms. The van der Waals surface area contributed by atoms with Crippen molar-refractivity contribution < 1.29 is 13.2 Å². The second-order valence-electron chi connectivity index (χ2n) is 6.35. The molecule has 0 spiro atoms. The Morgan fingerprint density at radius 3 is 2.54 bits per heavy atom. The van der Waals surface area contributed by atoms with Crippen molar-refractivity contribution in [2.24, 2.45) is 0 Å². The minimum atomic E-state index is -3.57. The summed E-state index contributed by atoms with van der Waals surface area (Å²) in [5, 5.41) is 1.00. The lowest BCUT2D eigenvalue weighted by atomic mass is 9.89. The lowest BCUT2D eigenvalue weighted by Crippen LogP contribution is -2.36. The van der Waals surface area contributed by atoms with Crippen LogP contribution in [0, 0.1) is 0 Å². The molecule has 26 heavy (non-hydrogen) atoms. The largest absolute Gasteiger partial charge is 0.376 e. The molecule has 0 amide bonds. The van der Waals surface area contributed by atoms with E-state index in [1.165, 1.54) is 0 Å². The molecule has 2 aromatic rings. The third kappa shape index (κ3) is 4.78. The number of benzene rings is 2. The Kier molecular flexibility index (Phi) is 6.59. The van der Waals surface area contributed by atoms with Crippen molar-refractivity contribution in [1.82, 2.24) is 4.72 Å². The van der Waals surface area contributed by atoms with Crippen molar-refractivity contribution >= 4 is 33.2 Å². The molecule has 1 unspecified atom stereocenters. The maximum atomic E-state index is 12.5. The molecular weight excluding hydrogens is 393 g/mol. The van der Waals surface area contributed by atoms with Crippen molar-refractivity contribution in [3.05, 3.63) is 64.1 Å². The van der Waals surface area contributed by atoms with E-state index in [4.69, 9.17) is 27.9 Å². The Balaban J connectivity index is 1.78. The summed E-state index contributed by atoms with van der Waals surface area (Å²) in [4.78, 5) is 0.250. The first-order valence-electron chi connectivity index (χ1n) is 8.58. The summed E-state index contributed by atoms with van der Waals surface area (Å²) in [6, 6.07) is 13.9. The SMILES string of the molecule is O=S(=O)(NC[C@@H]1OCCCCC1c1ccc(Cl)c(Cl)c1)c1ccccc1. The van der Waals surface area contributed by atoms with E-state index in [1.807, 2.05) is 12.1 Å². The standard InChI is InChI=1S/C19H21Cl2NO3S/c20-17-10-9-14(12-18(17)21)16-8-4-5-11-25-19(16)13-22-26(23,24)15-6-2-1-3-7-15/h1-3,6-7,9-10,12,16,19,22H,4-5,8,11,13H2/t16?,19-/m0/s1. The number of rotatable bonds is 5. The van der Waals surface area contributed by atoms with Gasteiger partial charge in [0.2, 0.25) is 10.0 Å². The van der Waals surface area contributed by atoms with Crippen LogP contribution in [0.2, 0.25) is 10.0 Å². The molecule has 1 aliphatic rings. The molecule has 2 atom stereocenters. The van der Waals surface area contributed by atoms with Crippen LogP contribution < -0.4 is 4.72 Å². The van der Waals surface area contributed by atoms with Crippen molar-refractivity contribution in [3.8, 4) is 0 Å². The van der Waals surface area contributed by atoms with Crippen LogP contribution >= 0.6 is 23.2 Å². The zero-order valence-electron chi connectivity index (χ0n) is 14.2. The fraction of sp³-hybridized carbons (Fsp3) is 0.368. The van der Waals surface area contributed by atoms with Crippen LogP contribution in [0.4, 0.5) is 0 Å². The Bertz CT molecular complexity index is 843. The molecule has 1 heterocycles. The van der Waals surface area contributed by atoms with E-state index >= 15 is 0 Å². The van der Waals surface area contributed by atoms with E-state index in [9.17, 15) is 8.42 Å². The summed E-state index contributed by atoms with van der Waals surface area (Å²) in [7, 11) is -3.57. The number of nitrogens with one attached hydrogen (secondary N) is 1. The molecule has 4 nitrogen and oxygen atoms in total. The van der Waals surface area contributed by atoms with E-state index in [-0.39, 0.29) is 23.5 Å². The van der Waals surface area contributed by atoms with E-state index in [1.54, 1.807) is 36.4 Å². The van der Waals surface area contributed by atoms with Gasteiger partial charge in [-0.1, -0.05) is 53.9 Å². The van der Waals surface area contributed by atoms with Crippen LogP contribution in [0.25, 0.3) is 0 Å². The van der Waals surface area contributed by atoms with Crippen LogP contribution in [-0.4, -0.2) is 27.7 Å². The Morgan fingerprint density at radius 1 is 1.04 bits per heavy atom. The maximum Gasteiger partial charge on any atom is 0.240 e. The smallest absolute Gasteiger partial charge is 0.240 e. The highest BCUT2D eigenvalue weighted by atomic mass is 35.5. The first-order chi connectivity index (χ1) is 12.5. The van der Waals surface area contributed by atoms with Gasteiger partial charge in [-0.05, 0) is 42.7 Å². The topological polar surface area (TPSA) is 55.4 Å². The van der Waals surface area contributed by atoms with Crippen molar-refractivity contribution in [2.45, 2.75) is 36.2 Å². The average Bonchev–Trinajstić information content (AvgIpc) is 2.89. The fourth-order valence-corrected chi connectivity index (χ4v) is 4.58. The second-order valence-corrected chi connectivity index (χ2v) is 8.93. The molecule has 1 aliphatic heterocycles. The number of sulfonamides is 1. The van der Waals surface area contributed by atoms with Crippen LogP contribution in [0.15, 0.2) is 53.4 Å². The molecule has 2 aromatic carbocycles. The maximum absolute atomic E-state index is 12.5. The molecule has 0 radical (unpaired) electrons. The van der Waals surface area contributed by atoms with Crippen LogP contribution in [0.3, 0.4) is 0 Å². The summed E-state index contributed by atoms with van der Waals surface area (Å²) in [6.45, 7) is 0.831. The lowest BCUT2D eigenvalue weighted by molar-refractivity contribution is 0.0498. The van der Waals surface area contributed by atoms with Gasteiger partial charge in [0.1, 0.15) is 0 Å². The van der Waals surface area contributed by atoms with Crippen LogP contribution in [-0.2, 0) is 14.8 Å². The van der Waals surface area contributed by atoms with Gasteiger partial charge in [0, 0.05) is 19.1 Å². The Labute approximate surface area is 164 Å². The number of halogens is 2. The highest BCUT2D eigenvalue weighted by Gasteiger charge is 2.28. The number of hydrogen-bond donors (Lipinski definition) is 1. The third-order valence-corrected chi connectivity index (χ3v) is 6.77. The lowest BCUT2D eigenvalue weighted by Gasteiger charge is -2.26. The molecule has 0 bridgehead atoms. The van der Waals surface area contributed by atoms with Gasteiger partial charge in [0.15, 0.2) is 0 Å². The molecule has 0 saturated carbocycles. The summed E-state index contributed by atoms with van der Waals surface area (Å²) < 4.78 is 33.7. The van der Waals surface area contributed by atoms with Gasteiger partial charge in [-0.3, -0.25) is 0 Å². The summed E-state index contributed by atoms with van der Waals surface area (Å²) in [5.41, 5.74) is 1.02. The molecular formula is C19H21Cl2NO3S. The quantitative estimate of drug-likeness (QED) is 0.777. The third-order valence-electron chi connectivity index (χ3n) is 4.59. The minimum absolute atomic E-state index is 0.0609. The van der Waals surface area contributed by atoms with Crippen LogP contribution in [0.1, 0.15) is 30.7 Å². The predicted molar refractivity (Wildman–Crippen MR) is 104 cm³/mol. The van der Waals surface area contributed by atoms with E-state index in [0.717, 1.165) is 24.8 Å². The first-order valence-corrected chi connectivity index (χ1v) is 10.8. The van der Waals surface area contributed by atoms with Gasteiger partial charge in [-0.2, -0.15) is 0 Å².